The van der Waals surface area contributed by atoms with Crippen LogP contribution >= 0.6 is 0 Å². The van der Waals surface area contributed by atoms with E-state index in [0.717, 1.165) is 19.3 Å². The van der Waals surface area contributed by atoms with Crippen molar-refractivity contribution < 1.29 is 14.6 Å². The van der Waals surface area contributed by atoms with Crippen LogP contribution in [0.4, 0.5) is 10.5 Å². The van der Waals surface area contributed by atoms with Crippen LogP contribution in [0.1, 0.15) is 25.3 Å². The lowest BCUT2D eigenvalue weighted by molar-refractivity contribution is 0.0820. The first-order valence-electron chi connectivity index (χ1n) is 9.48. The Morgan fingerprint density at radius 3 is 2.63 bits per heavy atom. The summed E-state index contributed by atoms with van der Waals surface area (Å²) in [7, 11) is 0. The first-order chi connectivity index (χ1) is 13.1. The van der Waals surface area contributed by atoms with Crippen molar-refractivity contribution >= 4 is 11.7 Å². The van der Waals surface area contributed by atoms with Crippen molar-refractivity contribution in [3.63, 3.8) is 0 Å². The van der Waals surface area contributed by atoms with Gasteiger partial charge in [0.2, 0.25) is 5.88 Å². The van der Waals surface area contributed by atoms with Gasteiger partial charge in [-0.15, -0.1) is 0 Å². The molecule has 1 aliphatic rings. The van der Waals surface area contributed by atoms with Crippen molar-refractivity contribution in [1.82, 2.24) is 9.88 Å². The van der Waals surface area contributed by atoms with Gasteiger partial charge in [-0.05, 0) is 37.3 Å². The predicted octanol–water partition coefficient (Wildman–Crippen LogP) is 3.33. The minimum atomic E-state index is -0.311. The first kappa shape index (κ1) is 19.2. The fourth-order valence-corrected chi connectivity index (χ4v) is 3.25. The number of pyridine rings is 1. The van der Waals surface area contributed by atoms with Crippen molar-refractivity contribution in [2.24, 2.45) is 5.92 Å². The molecule has 1 fully saturated rings. The molecule has 144 valence electrons. The Labute approximate surface area is 160 Å². The second-order valence-corrected chi connectivity index (χ2v) is 6.96. The number of ether oxygens (including phenoxy) is 1. The fraction of sp³-hybridized carbons (Fsp3) is 0.429. The minimum Gasteiger partial charge on any atom is -0.477 e. The molecule has 1 unspecified atom stereocenters. The van der Waals surface area contributed by atoms with Crippen LogP contribution in [0.2, 0.25) is 0 Å². The third-order valence-electron chi connectivity index (χ3n) is 4.98. The zero-order valence-corrected chi connectivity index (χ0v) is 15.7. The summed E-state index contributed by atoms with van der Waals surface area (Å²) in [4.78, 5) is 18.4. The number of nitrogens with zero attached hydrogens (tertiary/aromatic N) is 2. The molecule has 0 saturated carbocycles. The Balaban J connectivity index is 1.43. The normalized spacial score (nSPS) is 16.0. The van der Waals surface area contributed by atoms with Gasteiger partial charge < -0.3 is 20.1 Å². The van der Waals surface area contributed by atoms with E-state index in [9.17, 15) is 9.90 Å². The monoisotopic (exact) mass is 369 g/mol. The molecule has 1 aliphatic heterocycles. The Hall–Kier alpha value is -2.60. The van der Waals surface area contributed by atoms with Gasteiger partial charge in [-0.2, -0.15) is 0 Å². The lowest BCUT2D eigenvalue weighted by Crippen LogP contribution is -2.42. The molecule has 6 heteroatoms. The number of urea groups is 1. The summed E-state index contributed by atoms with van der Waals surface area (Å²) >= 11 is 0. The molecule has 0 aliphatic carbocycles. The Morgan fingerprint density at radius 2 is 2.00 bits per heavy atom. The number of hydrogen-bond acceptors (Lipinski definition) is 4. The summed E-state index contributed by atoms with van der Waals surface area (Å²) < 4.78 is 5.66. The van der Waals surface area contributed by atoms with Crippen LogP contribution in [0, 0.1) is 5.92 Å². The van der Waals surface area contributed by atoms with Crippen LogP contribution in [0.25, 0.3) is 0 Å². The summed E-state index contributed by atoms with van der Waals surface area (Å²) in [5, 5.41) is 12.5. The Bertz CT molecular complexity index is 711. The van der Waals surface area contributed by atoms with Crippen molar-refractivity contribution in [2.75, 3.05) is 25.0 Å². The van der Waals surface area contributed by atoms with Gasteiger partial charge in [-0.3, -0.25) is 0 Å². The maximum absolute atomic E-state index is 12.4. The highest BCUT2D eigenvalue weighted by atomic mass is 16.5. The molecule has 1 aromatic carbocycles. The van der Waals surface area contributed by atoms with E-state index in [1.807, 2.05) is 25.1 Å². The van der Waals surface area contributed by atoms with Crippen LogP contribution in [-0.4, -0.2) is 46.8 Å². The van der Waals surface area contributed by atoms with Gasteiger partial charge in [0, 0.05) is 25.6 Å². The van der Waals surface area contributed by atoms with E-state index in [0.29, 0.717) is 31.3 Å². The highest BCUT2D eigenvalue weighted by molar-refractivity contribution is 5.89. The van der Waals surface area contributed by atoms with Gasteiger partial charge in [0.15, 0.2) is 0 Å². The number of likely N-dealkylation sites (tertiary alicyclic amines) is 1. The number of carbonyl (C=O) groups is 1. The summed E-state index contributed by atoms with van der Waals surface area (Å²) in [6, 6.07) is 13.6. The van der Waals surface area contributed by atoms with E-state index >= 15 is 0 Å². The minimum absolute atomic E-state index is 0.126. The summed E-state index contributed by atoms with van der Waals surface area (Å²) in [6.07, 6.45) is 3.78. The van der Waals surface area contributed by atoms with Crippen LogP contribution in [0.5, 0.6) is 5.88 Å². The van der Waals surface area contributed by atoms with Crippen LogP contribution in [-0.2, 0) is 6.42 Å². The van der Waals surface area contributed by atoms with Gasteiger partial charge in [-0.25, -0.2) is 9.78 Å². The number of benzene rings is 1. The van der Waals surface area contributed by atoms with Crippen molar-refractivity contribution in [3.05, 3.63) is 54.2 Å². The topological polar surface area (TPSA) is 74.7 Å². The number of amides is 2. The maximum Gasteiger partial charge on any atom is 0.321 e. The third-order valence-corrected chi connectivity index (χ3v) is 4.98. The second-order valence-electron chi connectivity index (χ2n) is 6.96. The molecule has 0 bridgehead atoms. The van der Waals surface area contributed by atoms with Crippen molar-refractivity contribution in [2.45, 2.75) is 32.3 Å². The van der Waals surface area contributed by atoms with Gasteiger partial charge in [0.1, 0.15) is 0 Å². The molecule has 0 radical (unpaired) electrons. The van der Waals surface area contributed by atoms with E-state index in [4.69, 9.17) is 4.74 Å². The highest BCUT2D eigenvalue weighted by Crippen LogP contribution is 2.21. The molecule has 3 rings (SSSR count). The smallest absolute Gasteiger partial charge is 0.321 e. The molecule has 1 atom stereocenters. The summed E-state index contributed by atoms with van der Waals surface area (Å²) in [6.45, 7) is 3.70. The average Bonchev–Trinajstić information content (AvgIpc) is 2.70. The molecule has 1 saturated heterocycles. The number of rotatable bonds is 6. The van der Waals surface area contributed by atoms with Gasteiger partial charge in [0.05, 0.1) is 24.6 Å². The van der Waals surface area contributed by atoms with Crippen LogP contribution in [0.3, 0.4) is 0 Å². The predicted molar refractivity (Wildman–Crippen MR) is 105 cm³/mol. The number of hydrogen-bond donors (Lipinski definition) is 2. The second kappa shape index (κ2) is 9.37. The number of aliphatic hydroxyl groups is 1. The van der Waals surface area contributed by atoms with Gasteiger partial charge in [0.25, 0.3) is 0 Å². The molecule has 2 amide bonds. The number of anilines is 1. The van der Waals surface area contributed by atoms with Crippen LogP contribution < -0.4 is 10.1 Å². The molecular formula is C21H27N3O3. The lowest BCUT2D eigenvalue weighted by Gasteiger charge is -2.33. The molecule has 2 heterocycles. The zero-order chi connectivity index (χ0) is 19.1. The van der Waals surface area contributed by atoms with E-state index in [-0.39, 0.29) is 18.1 Å². The first-order valence-corrected chi connectivity index (χ1v) is 9.48. The van der Waals surface area contributed by atoms with E-state index in [2.05, 4.69) is 22.4 Å². The number of aromatic nitrogens is 1. The number of nitrogens with one attached hydrogen (secondary N) is 1. The maximum atomic E-state index is 12.4. The number of carbonyl (C=O) groups excluding carboxylic acids is 1. The zero-order valence-electron chi connectivity index (χ0n) is 15.7. The van der Waals surface area contributed by atoms with E-state index in [1.54, 1.807) is 23.2 Å². The SMILES string of the molecule is CC(O)C1CCN(C(=O)Nc2ccc(OCCc3ccccc3)nc2)CC1. The molecule has 1 aromatic heterocycles. The fourth-order valence-electron chi connectivity index (χ4n) is 3.25. The average molecular weight is 369 g/mol. The van der Waals surface area contributed by atoms with Crippen molar-refractivity contribution in [1.29, 1.82) is 0 Å². The summed E-state index contributed by atoms with van der Waals surface area (Å²) in [5.41, 5.74) is 1.87. The van der Waals surface area contributed by atoms with E-state index < -0.39 is 0 Å². The molecular weight excluding hydrogens is 342 g/mol. The molecule has 0 spiro atoms. The Morgan fingerprint density at radius 1 is 1.26 bits per heavy atom. The molecule has 27 heavy (non-hydrogen) atoms. The standard InChI is InChI=1S/C21H27N3O3/c1-16(25)18-9-12-24(13-10-18)21(26)23-19-7-8-20(22-15-19)27-14-11-17-5-3-2-4-6-17/h2-8,15-16,18,25H,9-14H2,1H3,(H,23,26). The lowest BCUT2D eigenvalue weighted by atomic mass is 9.92. The molecule has 2 N–H and O–H groups in total. The molecule has 6 nitrogen and oxygen atoms in total. The van der Waals surface area contributed by atoms with Gasteiger partial charge in [-0.1, -0.05) is 30.3 Å². The third kappa shape index (κ3) is 5.69. The number of piperidine rings is 1. The number of aliphatic hydroxyl groups excluding tert-OH is 1. The van der Waals surface area contributed by atoms with E-state index in [1.165, 1.54) is 5.56 Å². The largest absolute Gasteiger partial charge is 0.477 e. The van der Waals surface area contributed by atoms with Gasteiger partial charge >= 0.3 is 6.03 Å². The Kier molecular flexibility index (Phi) is 6.65. The van der Waals surface area contributed by atoms with Crippen LogP contribution in [0.15, 0.2) is 48.7 Å². The molecule has 2 aromatic rings. The highest BCUT2D eigenvalue weighted by Gasteiger charge is 2.25. The van der Waals surface area contributed by atoms with Crippen molar-refractivity contribution in [3.8, 4) is 5.88 Å². The summed E-state index contributed by atoms with van der Waals surface area (Å²) in [5.74, 6) is 0.824. The quantitative estimate of drug-likeness (QED) is 0.819.